The van der Waals surface area contributed by atoms with Crippen molar-refractivity contribution in [3.8, 4) is 0 Å². The average molecular weight is 352 g/mol. The molecule has 1 aliphatic rings. The van der Waals surface area contributed by atoms with Crippen molar-refractivity contribution in [2.45, 2.75) is 33.1 Å². The molecule has 4 nitrogen and oxygen atoms in total. The van der Waals surface area contributed by atoms with Crippen LogP contribution in [-0.2, 0) is 4.79 Å². The standard InChI is InChI=1S/C17H22ClN3OS/c1-3-4-5-15(22)20-8-10-21(11-9-20)17-19-16-12(2)13(18)6-7-14(16)23-17/h6-7H,3-5,8-11H2,1-2H3. The number of halogens is 1. The fourth-order valence-corrected chi connectivity index (χ4v) is 4.09. The Bertz CT molecular complexity index is 707. The van der Waals surface area contributed by atoms with E-state index in [-0.39, 0.29) is 0 Å². The normalized spacial score (nSPS) is 15.4. The van der Waals surface area contributed by atoms with Crippen LogP contribution in [0.5, 0.6) is 0 Å². The lowest BCUT2D eigenvalue weighted by Crippen LogP contribution is -2.48. The lowest BCUT2D eigenvalue weighted by Gasteiger charge is -2.34. The third-order valence-corrected chi connectivity index (χ3v) is 5.87. The second-order valence-corrected chi connectivity index (χ2v) is 7.40. The highest BCUT2D eigenvalue weighted by Crippen LogP contribution is 2.33. The van der Waals surface area contributed by atoms with Gasteiger partial charge in [-0.05, 0) is 31.0 Å². The fourth-order valence-electron chi connectivity index (χ4n) is 2.86. The summed E-state index contributed by atoms with van der Waals surface area (Å²) in [6.45, 7) is 7.41. The number of piperazine rings is 1. The van der Waals surface area contributed by atoms with Crippen LogP contribution in [-0.4, -0.2) is 42.0 Å². The summed E-state index contributed by atoms with van der Waals surface area (Å²) in [5, 5.41) is 1.80. The molecule has 1 aromatic heterocycles. The van der Waals surface area contributed by atoms with Crippen LogP contribution in [0.15, 0.2) is 12.1 Å². The highest BCUT2D eigenvalue weighted by Gasteiger charge is 2.23. The van der Waals surface area contributed by atoms with Crippen LogP contribution >= 0.6 is 22.9 Å². The van der Waals surface area contributed by atoms with E-state index in [1.807, 2.05) is 24.0 Å². The van der Waals surface area contributed by atoms with Crippen molar-refractivity contribution in [2.75, 3.05) is 31.1 Å². The molecule has 3 rings (SSSR count). The van der Waals surface area contributed by atoms with Gasteiger partial charge in [0.25, 0.3) is 0 Å². The van der Waals surface area contributed by atoms with Crippen LogP contribution < -0.4 is 4.90 Å². The van der Waals surface area contributed by atoms with Gasteiger partial charge in [-0.15, -0.1) is 0 Å². The summed E-state index contributed by atoms with van der Waals surface area (Å²) in [6.07, 6.45) is 2.73. The van der Waals surface area contributed by atoms with Gasteiger partial charge in [-0.25, -0.2) is 4.98 Å². The van der Waals surface area contributed by atoms with Crippen molar-refractivity contribution in [1.82, 2.24) is 9.88 Å². The average Bonchev–Trinajstić information content (AvgIpc) is 3.01. The first kappa shape index (κ1) is 16.5. The second-order valence-electron chi connectivity index (χ2n) is 5.99. The maximum absolute atomic E-state index is 12.1. The first-order valence-corrected chi connectivity index (χ1v) is 9.38. The molecule has 1 fully saturated rings. The van der Waals surface area contributed by atoms with Gasteiger partial charge in [0.2, 0.25) is 5.91 Å². The van der Waals surface area contributed by atoms with Gasteiger partial charge in [-0.3, -0.25) is 4.79 Å². The number of rotatable bonds is 4. The molecule has 0 N–H and O–H groups in total. The maximum Gasteiger partial charge on any atom is 0.222 e. The van der Waals surface area contributed by atoms with Crippen LogP contribution in [0, 0.1) is 6.92 Å². The van der Waals surface area contributed by atoms with Crippen LogP contribution in [0.1, 0.15) is 31.7 Å². The van der Waals surface area contributed by atoms with E-state index in [1.165, 1.54) is 4.70 Å². The van der Waals surface area contributed by atoms with Gasteiger partial charge < -0.3 is 9.80 Å². The van der Waals surface area contributed by atoms with Crippen molar-refractivity contribution in [3.63, 3.8) is 0 Å². The SMILES string of the molecule is CCCCC(=O)N1CCN(c2nc3c(C)c(Cl)ccc3s2)CC1. The molecule has 1 aliphatic heterocycles. The van der Waals surface area contributed by atoms with Gasteiger partial charge in [0.15, 0.2) is 5.13 Å². The highest BCUT2D eigenvalue weighted by molar-refractivity contribution is 7.22. The van der Waals surface area contributed by atoms with Gasteiger partial charge in [-0.1, -0.05) is 36.3 Å². The Hall–Kier alpha value is -1.33. The molecule has 1 aromatic carbocycles. The molecule has 0 radical (unpaired) electrons. The quantitative estimate of drug-likeness (QED) is 0.832. The zero-order valence-corrected chi connectivity index (χ0v) is 15.2. The van der Waals surface area contributed by atoms with E-state index in [1.54, 1.807) is 11.3 Å². The van der Waals surface area contributed by atoms with Crippen molar-refractivity contribution >= 4 is 44.2 Å². The van der Waals surface area contributed by atoms with Crippen molar-refractivity contribution in [2.24, 2.45) is 0 Å². The molecule has 0 bridgehead atoms. The summed E-state index contributed by atoms with van der Waals surface area (Å²) in [6, 6.07) is 3.97. The lowest BCUT2D eigenvalue weighted by atomic mass is 10.2. The number of carbonyl (C=O) groups excluding carboxylic acids is 1. The molecule has 0 saturated carbocycles. The highest BCUT2D eigenvalue weighted by atomic mass is 35.5. The number of aromatic nitrogens is 1. The minimum atomic E-state index is 0.290. The largest absolute Gasteiger partial charge is 0.345 e. The first-order valence-electron chi connectivity index (χ1n) is 8.18. The summed E-state index contributed by atoms with van der Waals surface area (Å²) in [5.41, 5.74) is 2.04. The lowest BCUT2D eigenvalue weighted by molar-refractivity contribution is -0.131. The van der Waals surface area contributed by atoms with Gasteiger partial charge >= 0.3 is 0 Å². The Morgan fingerprint density at radius 2 is 2.04 bits per heavy atom. The number of hydrogen-bond donors (Lipinski definition) is 0. The zero-order chi connectivity index (χ0) is 16.4. The molecular weight excluding hydrogens is 330 g/mol. The summed E-state index contributed by atoms with van der Waals surface area (Å²) < 4.78 is 1.17. The number of benzene rings is 1. The monoisotopic (exact) mass is 351 g/mol. The van der Waals surface area contributed by atoms with E-state index in [9.17, 15) is 4.79 Å². The molecule has 0 atom stereocenters. The van der Waals surface area contributed by atoms with E-state index in [0.29, 0.717) is 12.3 Å². The molecular formula is C17H22ClN3OS. The van der Waals surface area contributed by atoms with Crippen LogP contribution in [0.4, 0.5) is 5.13 Å². The smallest absolute Gasteiger partial charge is 0.222 e. The summed E-state index contributed by atoms with van der Waals surface area (Å²) in [4.78, 5) is 21.1. The van der Waals surface area contributed by atoms with Gasteiger partial charge in [0.1, 0.15) is 0 Å². The Labute approximate surface area is 146 Å². The van der Waals surface area contributed by atoms with E-state index in [0.717, 1.165) is 60.3 Å². The summed E-state index contributed by atoms with van der Waals surface area (Å²) >= 11 is 7.89. The number of aryl methyl sites for hydroxylation is 1. The molecule has 1 saturated heterocycles. The fraction of sp³-hybridized carbons (Fsp3) is 0.529. The first-order chi connectivity index (χ1) is 11.1. The van der Waals surface area contributed by atoms with Crippen LogP contribution in [0.25, 0.3) is 10.2 Å². The van der Waals surface area contributed by atoms with E-state index in [4.69, 9.17) is 16.6 Å². The van der Waals surface area contributed by atoms with E-state index in [2.05, 4.69) is 11.8 Å². The van der Waals surface area contributed by atoms with Crippen LogP contribution in [0.3, 0.4) is 0 Å². The number of fused-ring (bicyclic) bond motifs is 1. The summed E-state index contributed by atoms with van der Waals surface area (Å²) in [5.74, 6) is 0.290. The Morgan fingerprint density at radius 1 is 1.30 bits per heavy atom. The van der Waals surface area contributed by atoms with Crippen molar-refractivity contribution < 1.29 is 4.79 Å². The van der Waals surface area contributed by atoms with Crippen molar-refractivity contribution in [1.29, 1.82) is 0 Å². The summed E-state index contributed by atoms with van der Waals surface area (Å²) in [7, 11) is 0. The minimum Gasteiger partial charge on any atom is -0.345 e. The molecule has 2 heterocycles. The Balaban J connectivity index is 1.68. The molecule has 0 spiro atoms. The number of anilines is 1. The minimum absolute atomic E-state index is 0.290. The van der Waals surface area contributed by atoms with E-state index < -0.39 is 0 Å². The molecule has 1 amide bonds. The van der Waals surface area contributed by atoms with Crippen molar-refractivity contribution in [3.05, 3.63) is 22.7 Å². The third-order valence-electron chi connectivity index (χ3n) is 4.38. The molecule has 124 valence electrons. The predicted octanol–water partition coefficient (Wildman–Crippen LogP) is 4.10. The molecule has 0 aliphatic carbocycles. The van der Waals surface area contributed by atoms with E-state index >= 15 is 0 Å². The number of hydrogen-bond acceptors (Lipinski definition) is 4. The number of unbranched alkanes of at least 4 members (excludes halogenated alkanes) is 1. The Morgan fingerprint density at radius 3 is 2.74 bits per heavy atom. The second kappa shape index (κ2) is 7.05. The molecule has 2 aromatic rings. The number of carbonyl (C=O) groups is 1. The third kappa shape index (κ3) is 3.45. The predicted molar refractivity (Wildman–Crippen MR) is 97.7 cm³/mol. The number of nitrogens with zero attached hydrogens (tertiary/aromatic N) is 3. The maximum atomic E-state index is 12.1. The molecule has 0 unspecified atom stereocenters. The van der Waals surface area contributed by atoms with Crippen LogP contribution in [0.2, 0.25) is 5.02 Å². The van der Waals surface area contributed by atoms with Gasteiger partial charge in [0.05, 0.1) is 10.2 Å². The molecule has 6 heteroatoms. The zero-order valence-electron chi connectivity index (χ0n) is 13.6. The topological polar surface area (TPSA) is 36.4 Å². The Kier molecular flexibility index (Phi) is 5.07. The molecule has 23 heavy (non-hydrogen) atoms. The number of thiazole rings is 1. The van der Waals surface area contributed by atoms with Gasteiger partial charge in [0, 0.05) is 37.6 Å². The number of amides is 1. The van der Waals surface area contributed by atoms with Gasteiger partial charge in [-0.2, -0.15) is 0 Å².